The van der Waals surface area contributed by atoms with Gasteiger partial charge in [0.05, 0.1) is 35.6 Å². The van der Waals surface area contributed by atoms with E-state index in [-0.39, 0.29) is 17.0 Å². The minimum Gasteiger partial charge on any atom is -0.507 e. The van der Waals surface area contributed by atoms with Gasteiger partial charge in [0.15, 0.2) is 0 Å². The van der Waals surface area contributed by atoms with Gasteiger partial charge < -0.3 is 19.4 Å². The highest BCUT2D eigenvalue weighted by Gasteiger charge is 2.15. The van der Waals surface area contributed by atoms with Crippen LogP contribution in [0.5, 0.6) is 11.5 Å². The zero-order chi connectivity index (χ0) is 21.0. The van der Waals surface area contributed by atoms with Crippen molar-refractivity contribution in [2.24, 2.45) is 5.10 Å². The molecule has 0 saturated heterocycles. The Labute approximate surface area is 163 Å². The smallest absolute Gasteiger partial charge is 0.339 e. The molecule has 0 fully saturated rings. The summed E-state index contributed by atoms with van der Waals surface area (Å²) < 4.78 is 10.9. The maximum Gasteiger partial charge on any atom is 0.339 e. The van der Waals surface area contributed by atoms with E-state index in [9.17, 15) is 20.0 Å². The lowest BCUT2D eigenvalue weighted by molar-refractivity contribution is -0.384. The summed E-state index contributed by atoms with van der Waals surface area (Å²) in [5.41, 5.74) is 3.19. The fourth-order valence-corrected chi connectivity index (χ4v) is 2.51. The van der Waals surface area contributed by atoms with E-state index < -0.39 is 10.9 Å². The number of ether oxygens (including phenoxy) is 1. The van der Waals surface area contributed by atoms with Crippen molar-refractivity contribution in [1.29, 1.82) is 0 Å². The zero-order valence-corrected chi connectivity index (χ0v) is 15.0. The largest absolute Gasteiger partial charge is 0.507 e. The normalized spacial score (nSPS) is 10.8. The van der Waals surface area contributed by atoms with Gasteiger partial charge in [0.1, 0.15) is 28.6 Å². The lowest BCUT2D eigenvalue weighted by atomic mass is 10.1. The van der Waals surface area contributed by atoms with Crippen molar-refractivity contribution in [2.45, 2.75) is 0 Å². The molecule has 3 rings (SSSR count). The van der Waals surface area contributed by atoms with Gasteiger partial charge in [-0.15, -0.1) is 0 Å². The molecule has 0 bridgehead atoms. The van der Waals surface area contributed by atoms with Crippen LogP contribution in [-0.2, 0) is 0 Å². The van der Waals surface area contributed by atoms with Gasteiger partial charge in [-0.2, -0.15) is 5.10 Å². The molecule has 0 aliphatic rings. The Balaban J connectivity index is 1.76. The average Bonchev–Trinajstić information content (AvgIpc) is 3.17. The van der Waals surface area contributed by atoms with Crippen LogP contribution in [0.25, 0.3) is 11.3 Å². The van der Waals surface area contributed by atoms with Gasteiger partial charge >= 0.3 is 5.97 Å². The summed E-state index contributed by atoms with van der Waals surface area (Å²) in [6.07, 6.45) is 1.37. The quantitative estimate of drug-likeness (QED) is 0.236. The number of nitro groups is 1. The number of hydrazone groups is 1. The lowest BCUT2D eigenvalue weighted by Crippen LogP contribution is -1.98. The minimum atomic E-state index is -1.26. The number of carbonyl (C=O) groups is 1. The van der Waals surface area contributed by atoms with Crippen LogP contribution in [0, 0.1) is 10.1 Å². The van der Waals surface area contributed by atoms with Gasteiger partial charge in [0, 0.05) is 6.07 Å². The number of rotatable bonds is 7. The fourth-order valence-electron chi connectivity index (χ4n) is 2.51. The van der Waals surface area contributed by atoms with Crippen molar-refractivity contribution in [1.82, 2.24) is 0 Å². The summed E-state index contributed by atoms with van der Waals surface area (Å²) in [7, 11) is 1.40. The van der Waals surface area contributed by atoms with Crippen molar-refractivity contribution >= 4 is 23.6 Å². The molecule has 0 saturated carbocycles. The topological polar surface area (TPSA) is 147 Å². The van der Waals surface area contributed by atoms with Crippen LogP contribution >= 0.6 is 0 Å². The summed E-state index contributed by atoms with van der Waals surface area (Å²) >= 11 is 0. The van der Waals surface area contributed by atoms with Crippen LogP contribution < -0.4 is 10.2 Å². The van der Waals surface area contributed by atoms with E-state index in [0.717, 1.165) is 0 Å². The molecule has 29 heavy (non-hydrogen) atoms. The highest BCUT2D eigenvalue weighted by atomic mass is 16.6. The molecule has 0 amide bonds. The lowest BCUT2D eigenvalue weighted by Gasteiger charge is -2.05. The van der Waals surface area contributed by atoms with Crippen LogP contribution in [0.3, 0.4) is 0 Å². The molecule has 0 atom stereocenters. The van der Waals surface area contributed by atoms with Crippen LogP contribution in [0.2, 0.25) is 0 Å². The Morgan fingerprint density at radius 2 is 2.03 bits per heavy atom. The number of nitro benzene ring substituents is 1. The Hall–Kier alpha value is -4.34. The molecule has 10 nitrogen and oxygen atoms in total. The Morgan fingerprint density at radius 3 is 2.72 bits per heavy atom. The molecule has 3 N–H and O–H groups in total. The first-order valence-corrected chi connectivity index (χ1v) is 8.17. The number of phenols is 1. The molecule has 0 aliphatic carbocycles. The molecule has 0 spiro atoms. The number of aromatic carboxylic acids is 1. The fraction of sp³-hybridized carbons (Fsp3) is 0.0526. The van der Waals surface area contributed by atoms with Crippen molar-refractivity contribution in [3.05, 3.63) is 70.0 Å². The molecule has 148 valence electrons. The predicted octanol–water partition coefficient (Wildman–Crippen LogP) is 3.71. The number of carboxylic acids is 1. The summed E-state index contributed by atoms with van der Waals surface area (Å²) in [4.78, 5) is 21.4. The number of non-ortho nitro benzene ring substituents is 1. The number of methoxy groups -OCH3 is 1. The zero-order valence-electron chi connectivity index (χ0n) is 15.0. The van der Waals surface area contributed by atoms with Crippen molar-refractivity contribution in [2.75, 3.05) is 12.5 Å². The second-order valence-electron chi connectivity index (χ2n) is 5.75. The molecule has 3 aromatic rings. The molecule has 1 heterocycles. The maximum absolute atomic E-state index is 11.0. The second kappa shape index (κ2) is 8.13. The SMILES string of the molecule is COc1cc([N+](=O)[O-])ccc1-c1ccc(C=NNc2ccc(O)c(C(=O)O)c2)o1. The van der Waals surface area contributed by atoms with E-state index in [4.69, 9.17) is 14.3 Å². The molecular formula is C19H15N3O7. The number of benzene rings is 2. The monoisotopic (exact) mass is 397 g/mol. The molecule has 0 radical (unpaired) electrons. The molecule has 10 heteroatoms. The van der Waals surface area contributed by atoms with E-state index >= 15 is 0 Å². The standard InChI is InChI=1S/C19H15N3O7/c1-28-18-9-12(22(26)27)3-5-14(18)17-7-4-13(29-17)10-20-21-11-2-6-16(23)15(8-11)19(24)25/h2-10,21,23H,1H3,(H,24,25). The third-order valence-corrected chi connectivity index (χ3v) is 3.90. The average molecular weight is 397 g/mol. The van der Waals surface area contributed by atoms with Gasteiger partial charge in [-0.25, -0.2) is 4.79 Å². The van der Waals surface area contributed by atoms with E-state index in [1.54, 1.807) is 12.1 Å². The van der Waals surface area contributed by atoms with Crippen molar-refractivity contribution < 1.29 is 29.1 Å². The Morgan fingerprint density at radius 1 is 1.24 bits per heavy atom. The highest BCUT2D eigenvalue weighted by molar-refractivity contribution is 5.92. The first-order valence-electron chi connectivity index (χ1n) is 8.17. The van der Waals surface area contributed by atoms with Gasteiger partial charge in [-0.1, -0.05) is 0 Å². The van der Waals surface area contributed by atoms with Gasteiger partial charge in [0.2, 0.25) is 0 Å². The molecule has 0 aliphatic heterocycles. The summed E-state index contributed by atoms with van der Waals surface area (Å²) in [6, 6.07) is 11.4. The number of aromatic hydroxyl groups is 1. The number of nitrogens with one attached hydrogen (secondary N) is 1. The predicted molar refractivity (Wildman–Crippen MR) is 104 cm³/mol. The van der Waals surface area contributed by atoms with E-state index in [0.29, 0.717) is 28.5 Å². The summed E-state index contributed by atoms with van der Waals surface area (Å²) in [5, 5.41) is 33.4. The molecule has 1 aromatic heterocycles. The number of carboxylic acid groups (broad SMARTS) is 1. The second-order valence-corrected chi connectivity index (χ2v) is 5.75. The first-order chi connectivity index (χ1) is 13.9. The number of nitrogens with zero attached hydrogens (tertiary/aromatic N) is 2. The minimum absolute atomic E-state index is 0.0993. The van der Waals surface area contributed by atoms with Gasteiger partial charge in [-0.3, -0.25) is 15.5 Å². The summed E-state index contributed by atoms with van der Waals surface area (Å²) in [6.45, 7) is 0. The van der Waals surface area contributed by atoms with Gasteiger partial charge in [0.25, 0.3) is 5.69 Å². The van der Waals surface area contributed by atoms with Crippen molar-refractivity contribution in [3.8, 4) is 22.8 Å². The molecule has 0 unspecified atom stereocenters. The number of furan rings is 1. The Kier molecular flexibility index (Phi) is 5.44. The van der Waals surface area contributed by atoms with Crippen LogP contribution in [0.15, 0.2) is 58.0 Å². The molecular weight excluding hydrogens is 382 g/mol. The van der Waals surface area contributed by atoms with Crippen LogP contribution in [0.1, 0.15) is 16.1 Å². The number of anilines is 1. The summed E-state index contributed by atoms with van der Waals surface area (Å²) in [5.74, 6) is -0.510. The molecule has 2 aromatic carbocycles. The Bertz CT molecular complexity index is 1100. The number of hydrogen-bond acceptors (Lipinski definition) is 8. The van der Waals surface area contributed by atoms with Gasteiger partial charge in [-0.05, 0) is 36.4 Å². The third-order valence-electron chi connectivity index (χ3n) is 3.90. The third kappa shape index (κ3) is 4.33. The van der Waals surface area contributed by atoms with E-state index in [2.05, 4.69) is 10.5 Å². The first kappa shape index (κ1) is 19.4. The van der Waals surface area contributed by atoms with E-state index in [1.807, 2.05) is 0 Å². The highest BCUT2D eigenvalue weighted by Crippen LogP contribution is 2.34. The van der Waals surface area contributed by atoms with Crippen LogP contribution in [-0.4, -0.2) is 34.4 Å². The number of hydrogen-bond donors (Lipinski definition) is 3. The maximum atomic E-state index is 11.0. The van der Waals surface area contributed by atoms with Crippen LogP contribution in [0.4, 0.5) is 11.4 Å². The van der Waals surface area contributed by atoms with E-state index in [1.165, 1.54) is 49.7 Å². The van der Waals surface area contributed by atoms with Crippen molar-refractivity contribution in [3.63, 3.8) is 0 Å².